The topological polar surface area (TPSA) is 87.7 Å². The molecule has 0 saturated heterocycles. The molecule has 0 spiro atoms. The van der Waals surface area contributed by atoms with Crippen LogP contribution in [-0.4, -0.2) is 37.3 Å². The summed E-state index contributed by atoms with van der Waals surface area (Å²) in [6.45, 7) is 8.78. The van der Waals surface area contributed by atoms with Gasteiger partial charge in [-0.3, -0.25) is 9.20 Å². The molecule has 3 aromatic heterocycles. The molecule has 3 heterocycles. The van der Waals surface area contributed by atoms with E-state index in [0.717, 1.165) is 11.4 Å². The maximum atomic E-state index is 13.4. The quantitative estimate of drug-likeness (QED) is 0.432. The van der Waals surface area contributed by atoms with E-state index in [-0.39, 0.29) is 12.2 Å². The Balaban J connectivity index is 1.72. The minimum Gasteiger partial charge on any atom is -0.478 e. The summed E-state index contributed by atoms with van der Waals surface area (Å²) in [5.74, 6) is -0.178. The van der Waals surface area contributed by atoms with Crippen LogP contribution in [0.5, 0.6) is 5.75 Å². The number of hydrogen-bond donors (Lipinski definition) is 0. The van der Waals surface area contributed by atoms with Gasteiger partial charge in [0.25, 0.3) is 5.56 Å². The molecule has 0 aliphatic rings. The molecular formula is C25H26N4O4. The van der Waals surface area contributed by atoms with Gasteiger partial charge in [0.2, 0.25) is 0 Å². The fourth-order valence-corrected chi connectivity index (χ4v) is 3.59. The van der Waals surface area contributed by atoms with E-state index in [2.05, 4.69) is 10.1 Å². The molecule has 0 saturated carbocycles. The second kappa shape index (κ2) is 8.54. The maximum absolute atomic E-state index is 13.4. The molecular weight excluding hydrogens is 420 g/mol. The number of esters is 1. The van der Waals surface area contributed by atoms with E-state index in [1.165, 1.54) is 4.40 Å². The van der Waals surface area contributed by atoms with Gasteiger partial charge in [0, 0.05) is 11.9 Å². The number of fused-ring (bicyclic) bond motifs is 1. The summed E-state index contributed by atoms with van der Waals surface area (Å²) in [6, 6.07) is 14.9. The third-order valence-electron chi connectivity index (χ3n) is 4.91. The molecule has 170 valence electrons. The number of carbonyl (C=O) groups is 1. The third kappa shape index (κ3) is 4.64. The Morgan fingerprint density at radius 1 is 1.06 bits per heavy atom. The van der Waals surface area contributed by atoms with E-state index < -0.39 is 11.6 Å². The summed E-state index contributed by atoms with van der Waals surface area (Å²) in [5.41, 5.74) is 2.73. The van der Waals surface area contributed by atoms with Gasteiger partial charge in [-0.25, -0.2) is 14.5 Å². The van der Waals surface area contributed by atoms with Gasteiger partial charge in [-0.05, 0) is 65.0 Å². The van der Waals surface area contributed by atoms with Crippen LogP contribution in [0.4, 0.5) is 0 Å². The van der Waals surface area contributed by atoms with Crippen molar-refractivity contribution in [2.75, 3.05) is 6.61 Å². The summed E-state index contributed by atoms with van der Waals surface area (Å²) < 4.78 is 14.1. The van der Waals surface area contributed by atoms with Crippen molar-refractivity contribution in [1.29, 1.82) is 0 Å². The van der Waals surface area contributed by atoms with Crippen molar-refractivity contribution in [3.05, 3.63) is 76.5 Å². The molecule has 0 radical (unpaired) electrons. The number of benzene rings is 1. The highest BCUT2D eigenvalue weighted by Gasteiger charge is 2.20. The van der Waals surface area contributed by atoms with Gasteiger partial charge >= 0.3 is 5.97 Å². The van der Waals surface area contributed by atoms with Crippen LogP contribution < -0.4 is 10.3 Å². The van der Waals surface area contributed by atoms with Crippen molar-refractivity contribution in [3.8, 4) is 22.7 Å². The number of nitrogens with zero attached hydrogens (tertiary/aromatic N) is 4. The molecule has 0 amide bonds. The minimum absolute atomic E-state index is 0.266. The van der Waals surface area contributed by atoms with Gasteiger partial charge < -0.3 is 9.47 Å². The summed E-state index contributed by atoms with van der Waals surface area (Å²) in [6.07, 6.45) is 1.62. The Kier molecular flexibility index (Phi) is 5.76. The highest BCUT2D eigenvalue weighted by atomic mass is 16.6. The monoisotopic (exact) mass is 446 g/mol. The molecule has 0 N–H and O–H groups in total. The molecule has 0 aliphatic carbocycles. The number of rotatable bonds is 5. The first kappa shape index (κ1) is 22.3. The Morgan fingerprint density at radius 2 is 1.79 bits per heavy atom. The Bertz CT molecular complexity index is 1380. The zero-order chi connectivity index (χ0) is 23.8. The number of para-hydroxylation sites is 1. The summed E-state index contributed by atoms with van der Waals surface area (Å²) in [4.78, 5) is 30.1. The first-order chi connectivity index (χ1) is 15.6. The van der Waals surface area contributed by atoms with Gasteiger partial charge in [-0.1, -0.05) is 18.2 Å². The molecule has 33 heavy (non-hydrogen) atoms. The van der Waals surface area contributed by atoms with Gasteiger partial charge in [-0.15, -0.1) is 0 Å². The van der Waals surface area contributed by atoms with Gasteiger partial charge in [0.15, 0.2) is 18.0 Å². The molecule has 0 bridgehead atoms. The Morgan fingerprint density at radius 3 is 2.48 bits per heavy atom. The third-order valence-corrected chi connectivity index (χ3v) is 4.91. The normalized spacial score (nSPS) is 11.5. The lowest BCUT2D eigenvalue weighted by molar-refractivity contribution is -0.157. The Hall–Kier alpha value is -3.94. The molecule has 4 aromatic rings. The van der Waals surface area contributed by atoms with Crippen LogP contribution in [0.1, 0.15) is 32.2 Å². The van der Waals surface area contributed by atoms with Crippen molar-refractivity contribution >= 4 is 11.6 Å². The summed E-state index contributed by atoms with van der Waals surface area (Å²) in [7, 11) is 0. The van der Waals surface area contributed by atoms with E-state index in [0.29, 0.717) is 28.3 Å². The number of aryl methyl sites for hydroxylation is 2. The number of aromatic nitrogens is 4. The molecule has 4 rings (SSSR count). The fraction of sp³-hybridized carbons (Fsp3) is 0.280. The first-order valence-corrected chi connectivity index (χ1v) is 10.6. The van der Waals surface area contributed by atoms with Gasteiger partial charge in [0.05, 0.1) is 16.9 Å². The van der Waals surface area contributed by atoms with Crippen molar-refractivity contribution in [2.45, 2.75) is 40.2 Å². The van der Waals surface area contributed by atoms with Crippen LogP contribution in [0.15, 0.2) is 59.5 Å². The highest BCUT2D eigenvalue weighted by Crippen LogP contribution is 2.24. The van der Waals surface area contributed by atoms with Crippen molar-refractivity contribution in [3.63, 3.8) is 0 Å². The van der Waals surface area contributed by atoms with Crippen molar-refractivity contribution in [2.24, 2.45) is 0 Å². The number of hydrogen-bond acceptors (Lipinski definition) is 6. The SMILES string of the molecule is Cc1nc2c(OCC(=O)OC(C)(C)C)cccn2c(=O)c1-c1cc(C)n(-c2ccccc2)n1. The lowest BCUT2D eigenvalue weighted by Gasteiger charge is -2.19. The van der Waals surface area contributed by atoms with Crippen molar-refractivity contribution in [1.82, 2.24) is 19.2 Å². The minimum atomic E-state index is -0.610. The van der Waals surface area contributed by atoms with Crippen LogP contribution in [0, 0.1) is 13.8 Å². The van der Waals surface area contributed by atoms with Crippen LogP contribution in [0.25, 0.3) is 22.6 Å². The first-order valence-electron chi connectivity index (χ1n) is 10.6. The lowest BCUT2D eigenvalue weighted by atomic mass is 10.1. The van der Waals surface area contributed by atoms with Crippen LogP contribution in [0.2, 0.25) is 0 Å². The molecule has 0 aliphatic heterocycles. The average molecular weight is 447 g/mol. The van der Waals surface area contributed by atoms with Gasteiger partial charge in [0.1, 0.15) is 11.3 Å². The largest absolute Gasteiger partial charge is 0.478 e. The predicted octanol–water partition coefficient (Wildman–Crippen LogP) is 3.88. The van der Waals surface area contributed by atoms with E-state index in [1.807, 2.05) is 43.3 Å². The summed E-state index contributed by atoms with van der Waals surface area (Å²) in [5, 5.41) is 4.67. The van der Waals surface area contributed by atoms with Gasteiger partial charge in [-0.2, -0.15) is 5.10 Å². The van der Waals surface area contributed by atoms with E-state index in [9.17, 15) is 9.59 Å². The molecule has 8 heteroatoms. The molecule has 0 atom stereocenters. The second-order valence-electron chi connectivity index (χ2n) is 8.74. The predicted molar refractivity (Wildman–Crippen MR) is 125 cm³/mol. The number of carbonyl (C=O) groups excluding carboxylic acids is 1. The van der Waals surface area contributed by atoms with Crippen LogP contribution in [0.3, 0.4) is 0 Å². The lowest BCUT2D eigenvalue weighted by Crippen LogP contribution is -2.27. The molecule has 1 aromatic carbocycles. The number of pyridine rings is 1. The zero-order valence-corrected chi connectivity index (χ0v) is 19.3. The van der Waals surface area contributed by atoms with Crippen LogP contribution >= 0.6 is 0 Å². The molecule has 0 fully saturated rings. The van der Waals surface area contributed by atoms with E-state index >= 15 is 0 Å². The average Bonchev–Trinajstić information content (AvgIpc) is 3.13. The Labute approximate surface area is 191 Å². The molecule has 8 nitrogen and oxygen atoms in total. The second-order valence-corrected chi connectivity index (χ2v) is 8.74. The highest BCUT2D eigenvalue weighted by molar-refractivity contribution is 5.72. The summed E-state index contributed by atoms with van der Waals surface area (Å²) >= 11 is 0. The maximum Gasteiger partial charge on any atom is 0.344 e. The van der Waals surface area contributed by atoms with Crippen LogP contribution in [-0.2, 0) is 9.53 Å². The van der Waals surface area contributed by atoms with Crippen molar-refractivity contribution < 1.29 is 14.3 Å². The molecule has 0 unspecified atom stereocenters. The standard InChI is InChI=1S/C25H26N4O4/c1-16-14-19(27-29(16)18-10-7-6-8-11-18)22-17(2)26-23-20(12-9-13-28(23)24(22)31)32-15-21(30)33-25(3,4)5/h6-14H,15H2,1-5H3. The zero-order valence-electron chi connectivity index (χ0n) is 19.3. The fourth-order valence-electron chi connectivity index (χ4n) is 3.59. The van der Waals surface area contributed by atoms with E-state index in [4.69, 9.17) is 9.47 Å². The number of ether oxygens (including phenoxy) is 2. The van der Waals surface area contributed by atoms with E-state index in [1.54, 1.807) is 50.7 Å². The smallest absolute Gasteiger partial charge is 0.344 e.